The Morgan fingerprint density at radius 3 is 2.79 bits per heavy atom. The zero-order valence-corrected chi connectivity index (χ0v) is 16.9. The van der Waals surface area contributed by atoms with Crippen LogP contribution in [0.1, 0.15) is 51.2 Å². The van der Waals surface area contributed by atoms with E-state index in [0.29, 0.717) is 40.3 Å². The van der Waals surface area contributed by atoms with Gasteiger partial charge in [0.2, 0.25) is 11.7 Å². The van der Waals surface area contributed by atoms with Crippen molar-refractivity contribution in [2.45, 2.75) is 57.0 Å². The maximum atomic E-state index is 12.9. The Balaban J connectivity index is 1.77. The molecule has 3 aromatic heterocycles. The summed E-state index contributed by atoms with van der Waals surface area (Å²) in [5.41, 5.74) is 0.773. The number of para-hydroxylation sites is 1. The third-order valence-electron chi connectivity index (χ3n) is 4.54. The lowest BCUT2D eigenvalue weighted by Crippen LogP contribution is -2.23. The molecule has 0 atom stereocenters. The van der Waals surface area contributed by atoms with Gasteiger partial charge in [-0.2, -0.15) is 4.98 Å². The number of aryl methyl sites for hydroxylation is 1. The number of aromatic nitrogens is 6. The summed E-state index contributed by atoms with van der Waals surface area (Å²) >= 11 is 1.47. The first-order valence-electron chi connectivity index (χ1n) is 9.42. The fourth-order valence-electron chi connectivity index (χ4n) is 3.03. The molecular formula is C19H22N6O2S. The highest BCUT2D eigenvalue weighted by atomic mass is 32.2. The second-order valence-electron chi connectivity index (χ2n) is 6.94. The Kier molecular flexibility index (Phi) is 5.17. The lowest BCUT2D eigenvalue weighted by molar-refractivity contribution is 0.383. The third kappa shape index (κ3) is 3.30. The van der Waals surface area contributed by atoms with Crippen molar-refractivity contribution in [3.63, 3.8) is 0 Å². The summed E-state index contributed by atoms with van der Waals surface area (Å²) in [5.74, 6) is 2.51. The van der Waals surface area contributed by atoms with Crippen molar-refractivity contribution in [2.24, 2.45) is 0 Å². The van der Waals surface area contributed by atoms with Crippen molar-refractivity contribution in [3.05, 3.63) is 46.3 Å². The van der Waals surface area contributed by atoms with E-state index >= 15 is 0 Å². The Morgan fingerprint density at radius 2 is 2.04 bits per heavy atom. The topological polar surface area (TPSA) is 91.1 Å². The van der Waals surface area contributed by atoms with Crippen LogP contribution in [-0.2, 0) is 12.3 Å². The second-order valence-corrected chi connectivity index (χ2v) is 7.88. The third-order valence-corrected chi connectivity index (χ3v) is 5.45. The first-order chi connectivity index (χ1) is 13.6. The van der Waals surface area contributed by atoms with E-state index in [4.69, 9.17) is 4.52 Å². The highest BCUT2D eigenvalue weighted by molar-refractivity contribution is 7.98. The van der Waals surface area contributed by atoms with Gasteiger partial charge in [-0.3, -0.25) is 13.8 Å². The number of unbranched alkanes of at least 4 members (excludes halogenated alkanes) is 1. The minimum absolute atomic E-state index is 0.0287. The van der Waals surface area contributed by atoms with Gasteiger partial charge in [0.1, 0.15) is 0 Å². The minimum Gasteiger partial charge on any atom is -0.338 e. The van der Waals surface area contributed by atoms with Crippen molar-refractivity contribution in [2.75, 3.05) is 0 Å². The second kappa shape index (κ2) is 7.75. The van der Waals surface area contributed by atoms with E-state index in [1.807, 2.05) is 42.5 Å². The van der Waals surface area contributed by atoms with Gasteiger partial charge in [0, 0.05) is 12.5 Å². The first-order valence-corrected chi connectivity index (χ1v) is 10.4. The van der Waals surface area contributed by atoms with Crippen LogP contribution in [-0.4, -0.2) is 29.3 Å². The average Bonchev–Trinajstić information content (AvgIpc) is 3.34. The molecule has 9 heteroatoms. The van der Waals surface area contributed by atoms with Crippen LogP contribution in [0.3, 0.4) is 0 Å². The van der Waals surface area contributed by atoms with Crippen LogP contribution in [0.4, 0.5) is 0 Å². The van der Waals surface area contributed by atoms with Gasteiger partial charge in [-0.1, -0.05) is 56.2 Å². The summed E-state index contributed by atoms with van der Waals surface area (Å²) in [5, 5.41) is 14.0. The van der Waals surface area contributed by atoms with Crippen LogP contribution < -0.4 is 5.56 Å². The van der Waals surface area contributed by atoms with E-state index < -0.39 is 0 Å². The Bertz CT molecular complexity index is 1180. The van der Waals surface area contributed by atoms with Gasteiger partial charge in [-0.05, 0) is 18.6 Å². The molecule has 0 unspecified atom stereocenters. The normalized spacial score (nSPS) is 11.9. The summed E-state index contributed by atoms with van der Waals surface area (Å²) in [6, 6.07) is 7.56. The highest BCUT2D eigenvalue weighted by Crippen LogP contribution is 2.24. The van der Waals surface area contributed by atoms with Crippen molar-refractivity contribution < 1.29 is 4.52 Å². The molecule has 0 fully saturated rings. The van der Waals surface area contributed by atoms with E-state index in [1.54, 1.807) is 4.57 Å². The Labute approximate surface area is 166 Å². The lowest BCUT2D eigenvalue weighted by Gasteiger charge is -2.10. The number of hydrogen-bond donors (Lipinski definition) is 0. The average molecular weight is 398 g/mol. The van der Waals surface area contributed by atoms with Gasteiger partial charge < -0.3 is 4.52 Å². The molecule has 0 aliphatic heterocycles. The van der Waals surface area contributed by atoms with E-state index in [2.05, 4.69) is 27.3 Å². The number of rotatable bonds is 7. The van der Waals surface area contributed by atoms with Gasteiger partial charge >= 0.3 is 0 Å². The molecule has 4 rings (SSSR count). The predicted molar refractivity (Wildman–Crippen MR) is 108 cm³/mol. The van der Waals surface area contributed by atoms with Gasteiger partial charge in [-0.25, -0.2) is 0 Å². The largest absolute Gasteiger partial charge is 0.338 e. The molecule has 146 valence electrons. The van der Waals surface area contributed by atoms with Crippen LogP contribution in [0.2, 0.25) is 0 Å². The molecule has 8 nitrogen and oxygen atoms in total. The molecule has 3 heterocycles. The van der Waals surface area contributed by atoms with Crippen molar-refractivity contribution in [1.82, 2.24) is 29.3 Å². The van der Waals surface area contributed by atoms with Crippen LogP contribution >= 0.6 is 11.8 Å². The standard InChI is InChI=1S/C19H22N6O2S/c1-4-5-10-24-17(26)13-8-6-7-9-14(13)25-18(24)21-22-19(25)28-11-15-20-16(12(2)3)23-27-15/h6-9,12H,4-5,10-11H2,1-3H3. The number of benzene rings is 1. The highest BCUT2D eigenvalue weighted by Gasteiger charge is 2.18. The molecule has 0 N–H and O–H groups in total. The van der Waals surface area contributed by atoms with E-state index in [0.717, 1.165) is 18.4 Å². The molecule has 4 aromatic rings. The van der Waals surface area contributed by atoms with Gasteiger partial charge in [0.05, 0.1) is 16.7 Å². The monoisotopic (exact) mass is 398 g/mol. The molecule has 0 aliphatic rings. The van der Waals surface area contributed by atoms with Crippen molar-refractivity contribution in [1.29, 1.82) is 0 Å². The predicted octanol–water partition coefficient (Wildman–Crippen LogP) is 3.64. The minimum atomic E-state index is -0.0287. The molecular weight excluding hydrogens is 376 g/mol. The molecule has 0 amide bonds. The SMILES string of the molecule is CCCCn1c(=O)c2ccccc2n2c(SCc3nc(C(C)C)no3)nnc12. The maximum absolute atomic E-state index is 12.9. The fraction of sp³-hybridized carbons (Fsp3) is 0.421. The summed E-state index contributed by atoms with van der Waals surface area (Å²) in [4.78, 5) is 17.4. The number of nitrogens with zero attached hydrogens (tertiary/aromatic N) is 6. The Morgan fingerprint density at radius 1 is 1.21 bits per heavy atom. The van der Waals surface area contributed by atoms with Crippen LogP contribution in [0.15, 0.2) is 38.7 Å². The van der Waals surface area contributed by atoms with Crippen molar-refractivity contribution in [3.8, 4) is 0 Å². The number of fused-ring (bicyclic) bond motifs is 3. The molecule has 0 saturated heterocycles. The van der Waals surface area contributed by atoms with E-state index in [1.165, 1.54) is 11.8 Å². The molecule has 0 saturated carbocycles. The van der Waals surface area contributed by atoms with Gasteiger partial charge in [-0.15, -0.1) is 10.2 Å². The Hall–Kier alpha value is -2.68. The van der Waals surface area contributed by atoms with Gasteiger partial charge in [0.15, 0.2) is 11.0 Å². The molecule has 0 bridgehead atoms. The molecule has 28 heavy (non-hydrogen) atoms. The number of thioether (sulfide) groups is 1. The lowest BCUT2D eigenvalue weighted by atomic mass is 10.2. The van der Waals surface area contributed by atoms with E-state index in [9.17, 15) is 4.79 Å². The maximum Gasteiger partial charge on any atom is 0.262 e. The van der Waals surface area contributed by atoms with E-state index in [-0.39, 0.29) is 11.5 Å². The van der Waals surface area contributed by atoms with Crippen LogP contribution in [0.25, 0.3) is 16.7 Å². The summed E-state index contributed by atoms with van der Waals surface area (Å²) in [6.45, 7) is 6.77. The van der Waals surface area contributed by atoms with Gasteiger partial charge in [0.25, 0.3) is 5.56 Å². The first kappa shape index (κ1) is 18.7. The summed E-state index contributed by atoms with van der Waals surface area (Å²) in [7, 11) is 0. The zero-order valence-electron chi connectivity index (χ0n) is 16.1. The number of hydrogen-bond acceptors (Lipinski definition) is 7. The molecule has 0 radical (unpaired) electrons. The quantitative estimate of drug-likeness (QED) is 0.439. The smallest absolute Gasteiger partial charge is 0.262 e. The molecule has 1 aromatic carbocycles. The van der Waals surface area contributed by atoms with Crippen LogP contribution in [0.5, 0.6) is 0 Å². The van der Waals surface area contributed by atoms with Crippen molar-refractivity contribution >= 4 is 28.4 Å². The summed E-state index contributed by atoms with van der Waals surface area (Å²) in [6.07, 6.45) is 1.90. The fourth-order valence-corrected chi connectivity index (χ4v) is 3.81. The molecule has 0 spiro atoms. The molecule has 0 aliphatic carbocycles. The summed E-state index contributed by atoms with van der Waals surface area (Å²) < 4.78 is 8.98. The zero-order chi connectivity index (χ0) is 19.7. The van der Waals surface area contributed by atoms with Crippen LogP contribution in [0, 0.1) is 0 Å².